The Kier molecular flexibility index (Phi) is 6.49. The first-order valence-corrected chi connectivity index (χ1v) is 16.9. The third-order valence-corrected chi connectivity index (χ3v) is 9.87. The van der Waals surface area contributed by atoms with Crippen molar-refractivity contribution in [3.8, 4) is 22.3 Å². The van der Waals surface area contributed by atoms with Gasteiger partial charge in [-0.25, -0.2) is 0 Å². The van der Waals surface area contributed by atoms with Gasteiger partial charge >= 0.3 is 0 Å². The molecule has 234 valence electrons. The molecule has 2 aromatic heterocycles. The van der Waals surface area contributed by atoms with E-state index < -0.39 is 0 Å². The molecular formula is C47H30N2O. The van der Waals surface area contributed by atoms with E-state index in [0.29, 0.717) is 0 Å². The summed E-state index contributed by atoms with van der Waals surface area (Å²) in [5.74, 6) is 0. The van der Waals surface area contributed by atoms with Crippen LogP contribution in [0.5, 0.6) is 0 Å². The van der Waals surface area contributed by atoms with Crippen LogP contribution in [0.4, 0.5) is 17.1 Å². The maximum absolute atomic E-state index is 6.50. The van der Waals surface area contributed by atoms with Crippen LogP contribution in [-0.4, -0.2) is 4.98 Å². The largest absolute Gasteiger partial charge is 0.456 e. The Hall–Kier alpha value is -6.71. The molecule has 0 spiro atoms. The Morgan fingerprint density at radius 3 is 1.88 bits per heavy atom. The lowest BCUT2D eigenvalue weighted by Crippen LogP contribution is -2.09. The first-order valence-electron chi connectivity index (χ1n) is 16.9. The van der Waals surface area contributed by atoms with E-state index >= 15 is 0 Å². The van der Waals surface area contributed by atoms with Gasteiger partial charge in [0.2, 0.25) is 0 Å². The molecule has 0 atom stereocenters. The van der Waals surface area contributed by atoms with E-state index in [2.05, 4.69) is 180 Å². The van der Waals surface area contributed by atoms with Crippen LogP contribution in [-0.2, 0) is 0 Å². The van der Waals surface area contributed by atoms with Crippen LogP contribution in [0.25, 0.3) is 76.6 Å². The van der Waals surface area contributed by atoms with Gasteiger partial charge in [0, 0.05) is 45.5 Å². The monoisotopic (exact) mass is 638 g/mol. The zero-order chi connectivity index (χ0) is 33.0. The number of hydrogen-bond donors (Lipinski definition) is 0. The Morgan fingerprint density at radius 1 is 0.380 bits per heavy atom. The predicted octanol–water partition coefficient (Wildman–Crippen LogP) is 13.2. The molecule has 0 unspecified atom stereocenters. The number of benzene rings is 8. The summed E-state index contributed by atoms with van der Waals surface area (Å²) >= 11 is 0. The second kappa shape index (κ2) is 11.5. The highest BCUT2D eigenvalue weighted by atomic mass is 16.3. The van der Waals surface area contributed by atoms with Crippen molar-refractivity contribution in [2.75, 3.05) is 4.90 Å². The molecule has 3 heteroatoms. The van der Waals surface area contributed by atoms with Crippen LogP contribution in [0.15, 0.2) is 187 Å². The molecule has 10 rings (SSSR count). The highest BCUT2D eigenvalue weighted by molar-refractivity contribution is 6.10. The van der Waals surface area contributed by atoms with E-state index in [1.165, 1.54) is 43.8 Å². The van der Waals surface area contributed by atoms with Crippen LogP contribution in [0.2, 0.25) is 0 Å². The summed E-state index contributed by atoms with van der Waals surface area (Å²) in [6.07, 6.45) is 1.84. The molecule has 0 amide bonds. The fourth-order valence-corrected chi connectivity index (χ4v) is 7.36. The predicted molar refractivity (Wildman–Crippen MR) is 210 cm³/mol. The van der Waals surface area contributed by atoms with Gasteiger partial charge in [-0.05, 0) is 104 Å². The number of furan rings is 1. The molecule has 0 saturated heterocycles. The van der Waals surface area contributed by atoms with E-state index in [0.717, 1.165) is 49.9 Å². The highest BCUT2D eigenvalue weighted by Gasteiger charge is 2.17. The third-order valence-electron chi connectivity index (χ3n) is 9.87. The second-order valence-corrected chi connectivity index (χ2v) is 12.8. The van der Waals surface area contributed by atoms with E-state index in [-0.39, 0.29) is 0 Å². The Morgan fingerprint density at radius 2 is 1.04 bits per heavy atom. The lowest BCUT2D eigenvalue weighted by molar-refractivity contribution is 0.669. The van der Waals surface area contributed by atoms with Gasteiger partial charge in [0.25, 0.3) is 0 Å². The van der Waals surface area contributed by atoms with Crippen molar-refractivity contribution in [2.24, 2.45) is 0 Å². The van der Waals surface area contributed by atoms with Gasteiger partial charge in [0.05, 0.1) is 5.52 Å². The van der Waals surface area contributed by atoms with Gasteiger partial charge in [-0.3, -0.25) is 4.98 Å². The average Bonchev–Trinajstić information content (AvgIpc) is 3.53. The average molecular weight is 639 g/mol. The van der Waals surface area contributed by atoms with Crippen molar-refractivity contribution >= 4 is 71.4 Å². The molecule has 0 radical (unpaired) electrons. The Bertz CT molecular complexity index is 2860. The van der Waals surface area contributed by atoms with Crippen LogP contribution in [0.3, 0.4) is 0 Å². The fourth-order valence-electron chi connectivity index (χ4n) is 7.36. The number of rotatable bonds is 5. The zero-order valence-corrected chi connectivity index (χ0v) is 27.1. The standard InChI is InChI=1S/C47H30N2O/c1-2-9-35-27-36(15-14-31(35)7-1)32-16-20-38(21-17-32)49(39-22-18-34(19-23-39)42-13-5-10-33-8-3-4-12-41(33)42)40-24-25-43-44-30-45-37(11-6-26-48-45)28-46(44)50-47(43)29-40/h1-30H. The lowest BCUT2D eigenvalue weighted by atomic mass is 9.98. The van der Waals surface area contributed by atoms with Crippen LogP contribution in [0.1, 0.15) is 0 Å². The molecule has 2 heterocycles. The number of nitrogens with zero attached hydrogens (tertiary/aromatic N) is 2. The molecule has 8 aromatic carbocycles. The number of fused-ring (bicyclic) bond motifs is 6. The maximum atomic E-state index is 6.50. The van der Waals surface area contributed by atoms with Crippen molar-refractivity contribution in [3.05, 3.63) is 182 Å². The minimum Gasteiger partial charge on any atom is -0.456 e. The zero-order valence-electron chi connectivity index (χ0n) is 27.1. The molecule has 0 aliphatic carbocycles. The molecule has 0 saturated carbocycles. The van der Waals surface area contributed by atoms with E-state index in [9.17, 15) is 0 Å². The summed E-state index contributed by atoms with van der Waals surface area (Å²) in [5, 5.41) is 8.20. The third kappa shape index (κ3) is 4.79. The van der Waals surface area contributed by atoms with Gasteiger partial charge in [-0.2, -0.15) is 0 Å². The van der Waals surface area contributed by atoms with Gasteiger partial charge in [-0.1, -0.05) is 109 Å². The minimum atomic E-state index is 0.845. The summed E-state index contributed by atoms with van der Waals surface area (Å²) in [4.78, 5) is 6.89. The molecule has 0 fully saturated rings. The minimum absolute atomic E-state index is 0.845. The molecular weight excluding hydrogens is 609 g/mol. The normalized spacial score (nSPS) is 11.6. The van der Waals surface area contributed by atoms with Crippen LogP contribution in [0, 0.1) is 0 Å². The first kappa shape index (κ1) is 28.3. The summed E-state index contributed by atoms with van der Waals surface area (Å²) in [5.41, 5.74) is 10.6. The summed E-state index contributed by atoms with van der Waals surface area (Å²) in [7, 11) is 0. The van der Waals surface area contributed by atoms with Crippen LogP contribution >= 0.6 is 0 Å². The summed E-state index contributed by atoms with van der Waals surface area (Å²) < 4.78 is 6.50. The second-order valence-electron chi connectivity index (χ2n) is 12.8. The van der Waals surface area contributed by atoms with Gasteiger partial charge < -0.3 is 9.32 Å². The lowest BCUT2D eigenvalue weighted by Gasteiger charge is -2.26. The molecule has 50 heavy (non-hydrogen) atoms. The van der Waals surface area contributed by atoms with E-state index in [1.807, 2.05) is 12.3 Å². The number of anilines is 3. The summed E-state index contributed by atoms with van der Waals surface area (Å²) in [6, 6.07) is 62.8. The van der Waals surface area contributed by atoms with Crippen molar-refractivity contribution in [2.45, 2.75) is 0 Å². The molecule has 0 aliphatic heterocycles. The fraction of sp³-hybridized carbons (Fsp3) is 0. The van der Waals surface area contributed by atoms with Gasteiger partial charge in [-0.15, -0.1) is 0 Å². The van der Waals surface area contributed by atoms with E-state index in [4.69, 9.17) is 4.42 Å². The quantitative estimate of drug-likeness (QED) is 0.188. The smallest absolute Gasteiger partial charge is 0.137 e. The Balaban J connectivity index is 1.09. The summed E-state index contributed by atoms with van der Waals surface area (Å²) in [6.45, 7) is 0. The van der Waals surface area contributed by atoms with Gasteiger partial charge in [0.1, 0.15) is 11.2 Å². The van der Waals surface area contributed by atoms with Crippen molar-refractivity contribution < 1.29 is 4.42 Å². The molecule has 0 aliphatic rings. The number of hydrogen-bond acceptors (Lipinski definition) is 3. The van der Waals surface area contributed by atoms with Gasteiger partial charge in [0.15, 0.2) is 0 Å². The SMILES string of the molecule is c1ccc2cc(-c3ccc(N(c4ccc(-c5cccc6ccccc56)cc4)c4ccc5c(c4)oc4cc6cccnc6cc45)cc3)ccc2c1. The van der Waals surface area contributed by atoms with Crippen LogP contribution < -0.4 is 4.90 Å². The maximum Gasteiger partial charge on any atom is 0.137 e. The highest BCUT2D eigenvalue weighted by Crippen LogP contribution is 2.41. The number of aromatic nitrogens is 1. The molecule has 10 aromatic rings. The first-order chi connectivity index (χ1) is 24.7. The molecule has 0 bridgehead atoms. The van der Waals surface area contributed by atoms with Crippen molar-refractivity contribution in [1.29, 1.82) is 0 Å². The topological polar surface area (TPSA) is 29.3 Å². The van der Waals surface area contributed by atoms with E-state index in [1.54, 1.807) is 0 Å². The molecule has 3 nitrogen and oxygen atoms in total. The number of pyridine rings is 1. The van der Waals surface area contributed by atoms with Crippen molar-refractivity contribution in [3.63, 3.8) is 0 Å². The molecule has 0 N–H and O–H groups in total. The Labute approximate surface area is 289 Å². The van der Waals surface area contributed by atoms with Crippen molar-refractivity contribution in [1.82, 2.24) is 4.98 Å².